The monoisotopic (exact) mass is 318 g/mol. The summed E-state index contributed by atoms with van der Waals surface area (Å²) >= 11 is 0. The zero-order chi connectivity index (χ0) is 15.8. The quantitative estimate of drug-likeness (QED) is 0.735. The molecule has 8 heteroatoms. The SMILES string of the molecule is CC1CN(CC(=O)N(C)C2CCS(=O)(=O)C2)CC1C(=O)O. The van der Waals surface area contributed by atoms with Gasteiger partial charge >= 0.3 is 5.97 Å². The van der Waals surface area contributed by atoms with Crippen molar-refractivity contribution in [2.24, 2.45) is 11.8 Å². The highest BCUT2D eigenvalue weighted by Gasteiger charge is 2.37. The van der Waals surface area contributed by atoms with Crippen LogP contribution in [0, 0.1) is 11.8 Å². The van der Waals surface area contributed by atoms with E-state index >= 15 is 0 Å². The lowest BCUT2D eigenvalue weighted by atomic mass is 9.99. The Hall–Kier alpha value is -1.15. The number of likely N-dealkylation sites (tertiary alicyclic amines) is 1. The third-order valence-corrected chi connectivity index (χ3v) is 6.26. The van der Waals surface area contributed by atoms with Gasteiger partial charge in [0.05, 0.1) is 24.0 Å². The van der Waals surface area contributed by atoms with Crippen molar-refractivity contribution in [3.05, 3.63) is 0 Å². The van der Waals surface area contributed by atoms with Crippen molar-refractivity contribution < 1.29 is 23.1 Å². The fourth-order valence-corrected chi connectivity index (χ4v) is 4.88. The van der Waals surface area contributed by atoms with Crippen molar-refractivity contribution in [1.82, 2.24) is 9.80 Å². The molecule has 3 atom stereocenters. The fraction of sp³-hybridized carbons (Fsp3) is 0.846. The number of carbonyl (C=O) groups is 2. The van der Waals surface area contributed by atoms with Crippen LogP contribution in [0.4, 0.5) is 0 Å². The molecular formula is C13H22N2O5S. The first-order valence-electron chi connectivity index (χ1n) is 7.11. The Labute approximate surface area is 124 Å². The molecule has 0 bridgehead atoms. The van der Waals surface area contributed by atoms with Gasteiger partial charge in [0.2, 0.25) is 5.91 Å². The van der Waals surface area contributed by atoms with Crippen LogP contribution in [0.3, 0.4) is 0 Å². The molecule has 2 aliphatic heterocycles. The van der Waals surface area contributed by atoms with Gasteiger partial charge in [-0.3, -0.25) is 14.5 Å². The van der Waals surface area contributed by atoms with Crippen molar-refractivity contribution >= 4 is 21.7 Å². The average Bonchev–Trinajstić information content (AvgIpc) is 2.91. The van der Waals surface area contributed by atoms with Gasteiger partial charge in [0.1, 0.15) is 0 Å². The summed E-state index contributed by atoms with van der Waals surface area (Å²) in [6.07, 6.45) is 0.485. The minimum atomic E-state index is -3.02. The molecule has 0 radical (unpaired) electrons. The first kappa shape index (κ1) is 16.2. The standard InChI is InChI=1S/C13H22N2O5S/c1-9-5-15(6-11(9)13(17)18)7-12(16)14(2)10-3-4-21(19,20)8-10/h9-11H,3-8H2,1-2H3,(H,17,18). The summed E-state index contributed by atoms with van der Waals surface area (Å²) in [5, 5.41) is 9.09. The van der Waals surface area contributed by atoms with Crippen LogP contribution in [-0.2, 0) is 19.4 Å². The van der Waals surface area contributed by atoms with Crippen molar-refractivity contribution in [1.29, 1.82) is 0 Å². The predicted molar refractivity (Wildman–Crippen MR) is 76.6 cm³/mol. The molecule has 21 heavy (non-hydrogen) atoms. The topological polar surface area (TPSA) is 95.0 Å². The maximum Gasteiger partial charge on any atom is 0.308 e. The summed E-state index contributed by atoms with van der Waals surface area (Å²) in [6, 6.07) is -0.252. The van der Waals surface area contributed by atoms with E-state index in [0.29, 0.717) is 19.5 Å². The van der Waals surface area contributed by atoms with Crippen molar-refractivity contribution in [2.75, 3.05) is 38.2 Å². The number of hydrogen-bond donors (Lipinski definition) is 1. The number of aliphatic carboxylic acids is 1. The maximum absolute atomic E-state index is 12.2. The number of nitrogens with zero attached hydrogens (tertiary/aromatic N) is 2. The van der Waals surface area contributed by atoms with E-state index in [1.54, 1.807) is 7.05 Å². The van der Waals surface area contributed by atoms with Crippen LogP contribution in [0.1, 0.15) is 13.3 Å². The molecule has 0 aromatic rings. The Bertz CT molecular complexity index is 533. The van der Waals surface area contributed by atoms with Crippen molar-refractivity contribution in [3.8, 4) is 0 Å². The normalized spacial score (nSPS) is 32.2. The molecule has 2 fully saturated rings. The molecule has 0 saturated carbocycles. The van der Waals surface area contributed by atoms with Crippen LogP contribution in [0.25, 0.3) is 0 Å². The summed E-state index contributed by atoms with van der Waals surface area (Å²) < 4.78 is 22.9. The molecule has 7 nitrogen and oxygen atoms in total. The highest BCUT2D eigenvalue weighted by molar-refractivity contribution is 7.91. The third kappa shape index (κ3) is 3.74. The zero-order valence-electron chi connectivity index (χ0n) is 12.4. The molecule has 0 spiro atoms. The number of sulfone groups is 1. The summed E-state index contributed by atoms with van der Waals surface area (Å²) in [7, 11) is -1.39. The minimum Gasteiger partial charge on any atom is -0.481 e. The summed E-state index contributed by atoms with van der Waals surface area (Å²) in [4.78, 5) is 26.6. The smallest absolute Gasteiger partial charge is 0.308 e. The van der Waals surface area contributed by atoms with E-state index in [9.17, 15) is 18.0 Å². The van der Waals surface area contributed by atoms with Crippen LogP contribution in [0.2, 0.25) is 0 Å². The second-order valence-corrected chi connectivity index (χ2v) is 8.41. The highest BCUT2D eigenvalue weighted by atomic mass is 32.2. The van der Waals surface area contributed by atoms with Gasteiger partial charge in [-0.2, -0.15) is 0 Å². The van der Waals surface area contributed by atoms with E-state index in [1.807, 2.05) is 11.8 Å². The Kier molecular flexibility index (Phi) is 4.57. The largest absolute Gasteiger partial charge is 0.481 e. The Balaban J connectivity index is 1.89. The second-order valence-electron chi connectivity index (χ2n) is 6.18. The summed E-state index contributed by atoms with van der Waals surface area (Å²) in [5.41, 5.74) is 0. The molecule has 1 N–H and O–H groups in total. The van der Waals surface area contributed by atoms with Gasteiger partial charge in [0, 0.05) is 26.2 Å². The van der Waals surface area contributed by atoms with Crippen LogP contribution >= 0.6 is 0 Å². The predicted octanol–water partition coefficient (Wildman–Crippen LogP) is -0.716. The fourth-order valence-electron chi connectivity index (χ4n) is 3.11. The molecule has 0 aromatic carbocycles. The highest BCUT2D eigenvalue weighted by Crippen LogP contribution is 2.23. The Morgan fingerprint density at radius 3 is 2.48 bits per heavy atom. The number of carboxylic acid groups (broad SMARTS) is 1. The average molecular weight is 318 g/mol. The zero-order valence-corrected chi connectivity index (χ0v) is 13.2. The summed E-state index contributed by atoms with van der Waals surface area (Å²) in [6.45, 7) is 2.98. The number of hydrogen-bond acceptors (Lipinski definition) is 5. The van der Waals surface area contributed by atoms with Crippen LogP contribution in [-0.4, -0.2) is 79.4 Å². The Morgan fingerprint density at radius 2 is 2.00 bits per heavy atom. The number of likely N-dealkylation sites (N-methyl/N-ethyl adjacent to an activating group) is 1. The lowest BCUT2D eigenvalue weighted by Crippen LogP contribution is -2.43. The molecule has 3 unspecified atom stereocenters. The molecule has 0 aromatic heterocycles. The van der Waals surface area contributed by atoms with Gasteiger partial charge in [-0.25, -0.2) is 8.42 Å². The molecular weight excluding hydrogens is 296 g/mol. The van der Waals surface area contributed by atoms with Crippen molar-refractivity contribution in [3.63, 3.8) is 0 Å². The maximum atomic E-state index is 12.2. The van der Waals surface area contributed by atoms with Crippen LogP contribution < -0.4 is 0 Å². The van der Waals surface area contributed by atoms with E-state index in [4.69, 9.17) is 5.11 Å². The number of carboxylic acids is 1. The van der Waals surface area contributed by atoms with Crippen LogP contribution in [0.5, 0.6) is 0 Å². The number of amides is 1. The van der Waals surface area contributed by atoms with E-state index in [2.05, 4.69) is 0 Å². The molecule has 2 heterocycles. The molecule has 2 aliphatic rings. The van der Waals surface area contributed by atoms with Gasteiger partial charge in [-0.05, 0) is 12.3 Å². The minimum absolute atomic E-state index is 0.0208. The van der Waals surface area contributed by atoms with E-state index < -0.39 is 21.7 Å². The first-order chi connectivity index (χ1) is 9.69. The lowest BCUT2D eigenvalue weighted by molar-refractivity contribution is -0.142. The first-order valence-corrected chi connectivity index (χ1v) is 8.93. The Morgan fingerprint density at radius 1 is 1.33 bits per heavy atom. The summed E-state index contributed by atoms with van der Waals surface area (Å²) in [5.74, 6) is -1.22. The lowest BCUT2D eigenvalue weighted by Gasteiger charge is -2.26. The number of carbonyl (C=O) groups excluding carboxylic acids is 1. The molecule has 0 aliphatic carbocycles. The number of rotatable bonds is 4. The molecule has 2 rings (SSSR count). The van der Waals surface area contributed by atoms with Gasteiger partial charge in [0.15, 0.2) is 9.84 Å². The molecule has 1 amide bonds. The van der Waals surface area contributed by atoms with Gasteiger partial charge < -0.3 is 10.0 Å². The van der Waals surface area contributed by atoms with Crippen LogP contribution in [0.15, 0.2) is 0 Å². The third-order valence-electron chi connectivity index (χ3n) is 4.51. The van der Waals surface area contributed by atoms with Gasteiger partial charge in [-0.1, -0.05) is 6.92 Å². The van der Waals surface area contributed by atoms with E-state index in [-0.39, 0.29) is 35.9 Å². The van der Waals surface area contributed by atoms with E-state index in [0.717, 1.165) is 0 Å². The van der Waals surface area contributed by atoms with Crippen molar-refractivity contribution in [2.45, 2.75) is 19.4 Å². The van der Waals surface area contributed by atoms with E-state index in [1.165, 1.54) is 4.90 Å². The second kappa shape index (κ2) is 5.92. The van der Waals surface area contributed by atoms with Gasteiger partial charge in [0.25, 0.3) is 0 Å². The molecule has 2 saturated heterocycles. The molecule has 120 valence electrons. The van der Waals surface area contributed by atoms with Gasteiger partial charge in [-0.15, -0.1) is 0 Å².